The zero-order valence-electron chi connectivity index (χ0n) is 9.56. The SMILES string of the molecule is O=c1cc(-c2ccc(Br)c(Br)n2)oc2ccccc12. The van der Waals surface area contributed by atoms with Gasteiger partial charge < -0.3 is 4.42 Å². The molecule has 5 heteroatoms. The second kappa shape index (κ2) is 4.90. The predicted octanol–water partition coefficient (Wildman–Crippen LogP) is 4.38. The summed E-state index contributed by atoms with van der Waals surface area (Å²) in [5.74, 6) is 0.455. The van der Waals surface area contributed by atoms with Crippen LogP contribution >= 0.6 is 31.9 Å². The molecule has 0 bridgehead atoms. The number of halogens is 2. The lowest BCUT2D eigenvalue weighted by Crippen LogP contribution is -2.00. The summed E-state index contributed by atoms with van der Waals surface area (Å²) in [6, 6.07) is 12.3. The lowest BCUT2D eigenvalue weighted by atomic mass is 10.2. The fourth-order valence-corrected chi connectivity index (χ4v) is 2.33. The Bertz CT molecular complexity index is 827. The van der Waals surface area contributed by atoms with Gasteiger partial charge in [0.25, 0.3) is 0 Å². The fraction of sp³-hybridized carbons (Fsp3) is 0. The molecule has 94 valence electrons. The quantitative estimate of drug-likeness (QED) is 0.588. The van der Waals surface area contributed by atoms with E-state index >= 15 is 0 Å². The van der Waals surface area contributed by atoms with Gasteiger partial charge in [-0.05, 0) is 56.1 Å². The smallest absolute Gasteiger partial charge is 0.193 e. The molecule has 3 rings (SSSR count). The molecule has 0 spiro atoms. The monoisotopic (exact) mass is 379 g/mol. The number of fused-ring (bicyclic) bond motifs is 1. The van der Waals surface area contributed by atoms with Crippen LogP contribution in [0.3, 0.4) is 0 Å². The maximum absolute atomic E-state index is 12.0. The summed E-state index contributed by atoms with van der Waals surface area (Å²) in [7, 11) is 0. The number of pyridine rings is 1. The van der Waals surface area contributed by atoms with Crippen LogP contribution < -0.4 is 5.43 Å². The standard InChI is InChI=1S/C14H7Br2NO2/c15-9-5-6-10(17-14(9)16)13-7-11(18)8-3-1-2-4-12(8)19-13/h1-7H. The topological polar surface area (TPSA) is 43.1 Å². The predicted molar refractivity (Wildman–Crippen MR) is 81.1 cm³/mol. The average Bonchev–Trinajstić information content (AvgIpc) is 2.42. The van der Waals surface area contributed by atoms with Gasteiger partial charge in [-0.3, -0.25) is 4.79 Å². The summed E-state index contributed by atoms with van der Waals surface area (Å²) in [5.41, 5.74) is 1.10. The van der Waals surface area contributed by atoms with Gasteiger partial charge in [0.15, 0.2) is 11.2 Å². The van der Waals surface area contributed by atoms with Crippen molar-refractivity contribution in [2.24, 2.45) is 0 Å². The molecule has 0 aliphatic carbocycles. The molecule has 0 saturated heterocycles. The van der Waals surface area contributed by atoms with E-state index in [4.69, 9.17) is 4.42 Å². The van der Waals surface area contributed by atoms with E-state index in [0.29, 0.717) is 27.0 Å². The van der Waals surface area contributed by atoms with Crippen molar-refractivity contribution in [3.05, 3.63) is 61.8 Å². The van der Waals surface area contributed by atoms with Gasteiger partial charge >= 0.3 is 0 Å². The molecule has 0 unspecified atom stereocenters. The summed E-state index contributed by atoms with van der Waals surface area (Å²) in [5, 5.41) is 0.572. The van der Waals surface area contributed by atoms with Crippen LogP contribution in [0.4, 0.5) is 0 Å². The van der Waals surface area contributed by atoms with Crippen molar-refractivity contribution in [3.8, 4) is 11.5 Å². The van der Waals surface area contributed by atoms with Gasteiger partial charge in [-0.15, -0.1) is 0 Å². The van der Waals surface area contributed by atoms with Gasteiger partial charge in [-0.25, -0.2) is 4.98 Å². The highest BCUT2D eigenvalue weighted by Crippen LogP contribution is 2.26. The van der Waals surface area contributed by atoms with Crippen LogP contribution in [0, 0.1) is 0 Å². The van der Waals surface area contributed by atoms with Crippen LogP contribution in [0.15, 0.2) is 60.8 Å². The number of benzene rings is 1. The summed E-state index contributed by atoms with van der Waals surface area (Å²) in [6.07, 6.45) is 0. The molecule has 0 atom stereocenters. The van der Waals surface area contributed by atoms with Crippen LogP contribution in [-0.2, 0) is 0 Å². The lowest BCUT2D eigenvalue weighted by molar-refractivity contribution is 0.616. The molecule has 0 aliphatic rings. The Morgan fingerprint density at radius 2 is 1.84 bits per heavy atom. The maximum Gasteiger partial charge on any atom is 0.193 e. The molecule has 0 radical (unpaired) electrons. The molecule has 0 saturated carbocycles. The minimum atomic E-state index is -0.0716. The molecule has 0 N–H and O–H groups in total. The van der Waals surface area contributed by atoms with Crippen LogP contribution in [-0.4, -0.2) is 4.98 Å². The minimum Gasteiger partial charge on any atom is -0.454 e. The first kappa shape index (κ1) is 12.6. The summed E-state index contributed by atoms with van der Waals surface area (Å²) in [4.78, 5) is 16.3. The van der Waals surface area contributed by atoms with Gasteiger partial charge in [-0.2, -0.15) is 0 Å². The van der Waals surface area contributed by atoms with Gasteiger partial charge in [0.2, 0.25) is 0 Å². The van der Waals surface area contributed by atoms with Gasteiger partial charge in [0.1, 0.15) is 15.9 Å². The Morgan fingerprint density at radius 3 is 2.63 bits per heavy atom. The van der Waals surface area contributed by atoms with E-state index in [1.807, 2.05) is 18.2 Å². The molecule has 0 amide bonds. The molecular formula is C14H7Br2NO2. The third-order valence-corrected chi connectivity index (χ3v) is 4.47. The van der Waals surface area contributed by atoms with Crippen LogP contribution in [0.25, 0.3) is 22.4 Å². The van der Waals surface area contributed by atoms with Gasteiger partial charge in [0.05, 0.1) is 9.86 Å². The van der Waals surface area contributed by atoms with Crippen molar-refractivity contribution < 1.29 is 4.42 Å². The molecule has 3 nitrogen and oxygen atoms in total. The zero-order valence-corrected chi connectivity index (χ0v) is 12.7. The average molecular weight is 381 g/mol. The van der Waals surface area contributed by atoms with Crippen molar-refractivity contribution in [1.82, 2.24) is 4.98 Å². The molecule has 0 aliphatic heterocycles. The molecule has 2 aromatic heterocycles. The van der Waals surface area contributed by atoms with Gasteiger partial charge in [-0.1, -0.05) is 12.1 Å². The first-order valence-corrected chi connectivity index (χ1v) is 7.09. The van der Waals surface area contributed by atoms with E-state index in [0.717, 1.165) is 4.47 Å². The lowest BCUT2D eigenvalue weighted by Gasteiger charge is -2.03. The first-order chi connectivity index (χ1) is 9.15. The van der Waals surface area contributed by atoms with Crippen molar-refractivity contribution in [2.75, 3.05) is 0 Å². The number of hydrogen-bond acceptors (Lipinski definition) is 3. The first-order valence-electron chi connectivity index (χ1n) is 5.50. The third-order valence-electron chi connectivity index (χ3n) is 2.69. The molecule has 2 heterocycles. The van der Waals surface area contributed by atoms with Gasteiger partial charge in [0, 0.05) is 6.07 Å². The molecule has 1 aromatic carbocycles. The number of rotatable bonds is 1. The molecule has 0 fully saturated rings. The zero-order chi connectivity index (χ0) is 13.4. The van der Waals surface area contributed by atoms with Crippen LogP contribution in [0.1, 0.15) is 0 Å². The van der Waals surface area contributed by atoms with Crippen molar-refractivity contribution in [1.29, 1.82) is 0 Å². The highest BCUT2D eigenvalue weighted by molar-refractivity contribution is 9.13. The Hall–Kier alpha value is -1.46. The number of hydrogen-bond donors (Lipinski definition) is 0. The van der Waals surface area contributed by atoms with Crippen LogP contribution in [0.2, 0.25) is 0 Å². The molecule has 19 heavy (non-hydrogen) atoms. The Morgan fingerprint density at radius 1 is 1.05 bits per heavy atom. The summed E-state index contributed by atoms with van der Waals surface area (Å²) in [6.45, 7) is 0. The Kier molecular flexibility index (Phi) is 3.24. The third kappa shape index (κ3) is 2.35. The summed E-state index contributed by atoms with van der Waals surface area (Å²) < 4.78 is 7.24. The van der Waals surface area contributed by atoms with Crippen molar-refractivity contribution >= 4 is 42.8 Å². The van der Waals surface area contributed by atoms with Crippen molar-refractivity contribution in [2.45, 2.75) is 0 Å². The fourth-order valence-electron chi connectivity index (χ4n) is 1.78. The number of para-hydroxylation sites is 1. The summed E-state index contributed by atoms with van der Waals surface area (Å²) >= 11 is 6.69. The second-order valence-corrected chi connectivity index (χ2v) is 5.55. The Balaban J connectivity index is 2.25. The Labute approximate surface area is 125 Å². The number of aromatic nitrogens is 1. The largest absolute Gasteiger partial charge is 0.454 e. The van der Waals surface area contributed by atoms with Crippen LogP contribution in [0.5, 0.6) is 0 Å². The normalized spacial score (nSPS) is 10.8. The highest BCUT2D eigenvalue weighted by atomic mass is 79.9. The minimum absolute atomic E-state index is 0.0716. The van der Waals surface area contributed by atoms with E-state index in [-0.39, 0.29) is 5.43 Å². The van der Waals surface area contributed by atoms with E-state index in [2.05, 4.69) is 36.8 Å². The highest BCUT2D eigenvalue weighted by Gasteiger charge is 2.09. The van der Waals surface area contributed by atoms with E-state index in [1.165, 1.54) is 6.07 Å². The van der Waals surface area contributed by atoms with Crippen molar-refractivity contribution in [3.63, 3.8) is 0 Å². The van der Waals surface area contributed by atoms with E-state index in [1.54, 1.807) is 18.2 Å². The van der Waals surface area contributed by atoms with E-state index in [9.17, 15) is 4.79 Å². The number of nitrogens with zero attached hydrogens (tertiary/aromatic N) is 1. The maximum atomic E-state index is 12.0. The van der Waals surface area contributed by atoms with E-state index < -0.39 is 0 Å². The molecular weight excluding hydrogens is 374 g/mol. The molecule has 3 aromatic rings. The second-order valence-electron chi connectivity index (χ2n) is 3.94.